The second-order valence-corrected chi connectivity index (χ2v) is 7.71. The molecular weight excluding hydrogens is 456 g/mol. The van der Waals surface area contributed by atoms with Gasteiger partial charge in [-0.15, -0.1) is 0 Å². The highest BCUT2D eigenvalue weighted by Gasteiger charge is 2.19. The zero-order valence-corrected chi connectivity index (χ0v) is 16.3. The SMILES string of the molecule is N#Cc1ccc2[nH]c3c(Br)c4c([nH]c5ccc(C#N)cc54)c(Br)c3c2c1. The lowest BCUT2D eigenvalue weighted by Crippen LogP contribution is -1.79. The fourth-order valence-electron chi connectivity index (χ4n) is 3.56. The molecule has 0 atom stereocenters. The van der Waals surface area contributed by atoms with Crippen LogP contribution in [0.5, 0.6) is 0 Å². The number of hydrogen-bond donors (Lipinski definition) is 2. The van der Waals surface area contributed by atoms with Crippen LogP contribution in [0.15, 0.2) is 45.3 Å². The van der Waals surface area contributed by atoms with E-state index in [0.717, 1.165) is 52.6 Å². The first-order valence-electron chi connectivity index (χ1n) is 7.80. The minimum absolute atomic E-state index is 0.622. The Morgan fingerprint density at radius 2 is 1.12 bits per heavy atom. The van der Waals surface area contributed by atoms with Crippen molar-refractivity contribution < 1.29 is 0 Å². The van der Waals surface area contributed by atoms with E-state index in [1.165, 1.54) is 0 Å². The van der Waals surface area contributed by atoms with Gasteiger partial charge in [0, 0.05) is 32.6 Å². The quantitative estimate of drug-likeness (QED) is 0.285. The van der Waals surface area contributed by atoms with E-state index in [-0.39, 0.29) is 0 Å². The Kier molecular flexibility index (Phi) is 3.18. The highest BCUT2D eigenvalue weighted by Crippen LogP contribution is 2.45. The van der Waals surface area contributed by atoms with Crippen molar-refractivity contribution >= 4 is 75.5 Å². The van der Waals surface area contributed by atoms with E-state index in [1.807, 2.05) is 24.3 Å². The molecule has 0 radical (unpaired) electrons. The lowest BCUT2D eigenvalue weighted by molar-refractivity contribution is 1.49. The first-order valence-corrected chi connectivity index (χ1v) is 9.39. The lowest BCUT2D eigenvalue weighted by atomic mass is 10.1. The van der Waals surface area contributed by atoms with Gasteiger partial charge in [-0.05, 0) is 68.3 Å². The van der Waals surface area contributed by atoms with Crippen molar-refractivity contribution in [3.05, 3.63) is 56.5 Å². The number of fused-ring (bicyclic) bond motifs is 6. The van der Waals surface area contributed by atoms with E-state index in [2.05, 4.69) is 54.0 Å². The molecule has 0 aliphatic heterocycles. The van der Waals surface area contributed by atoms with Crippen LogP contribution in [0.3, 0.4) is 0 Å². The first-order chi connectivity index (χ1) is 12.6. The summed E-state index contributed by atoms with van der Waals surface area (Å²) in [6.07, 6.45) is 0. The predicted octanol–water partition coefficient (Wildman–Crippen LogP) is 6.22. The molecule has 0 saturated carbocycles. The molecule has 0 saturated heterocycles. The van der Waals surface area contributed by atoms with E-state index in [0.29, 0.717) is 11.1 Å². The number of aromatic nitrogens is 2. The third-order valence-corrected chi connectivity index (χ3v) is 6.32. The normalized spacial score (nSPS) is 11.4. The van der Waals surface area contributed by atoms with Gasteiger partial charge in [-0.2, -0.15) is 10.5 Å². The Hall–Kier alpha value is -2.80. The minimum atomic E-state index is 0.622. The van der Waals surface area contributed by atoms with Gasteiger partial charge in [0.15, 0.2) is 0 Å². The second kappa shape index (κ2) is 5.35. The second-order valence-electron chi connectivity index (χ2n) is 6.12. The molecule has 6 heteroatoms. The average molecular weight is 464 g/mol. The Balaban J connectivity index is 2.05. The van der Waals surface area contributed by atoms with Crippen LogP contribution in [0.1, 0.15) is 11.1 Å². The van der Waals surface area contributed by atoms with Crippen LogP contribution >= 0.6 is 31.9 Å². The number of hydrogen-bond acceptors (Lipinski definition) is 2. The van der Waals surface area contributed by atoms with Gasteiger partial charge in [0.05, 0.1) is 43.2 Å². The van der Waals surface area contributed by atoms with E-state index in [4.69, 9.17) is 0 Å². The molecule has 0 amide bonds. The summed E-state index contributed by atoms with van der Waals surface area (Å²) in [5, 5.41) is 22.5. The molecule has 26 heavy (non-hydrogen) atoms. The largest absolute Gasteiger partial charge is 0.354 e. The minimum Gasteiger partial charge on any atom is -0.354 e. The van der Waals surface area contributed by atoms with Gasteiger partial charge in [0.2, 0.25) is 0 Å². The van der Waals surface area contributed by atoms with Crippen LogP contribution in [0.25, 0.3) is 43.6 Å². The van der Waals surface area contributed by atoms with Crippen molar-refractivity contribution in [2.24, 2.45) is 0 Å². The first kappa shape index (κ1) is 15.5. The van der Waals surface area contributed by atoms with Crippen LogP contribution < -0.4 is 0 Å². The molecule has 0 fully saturated rings. The van der Waals surface area contributed by atoms with Gasteiger partial charge in [-0.3, -0.25) is 0 Å². The molecule has 0 aliphatic rings. The summed E-state index contributed by atoms with van der Waals surface area (Å²) in [7, 11) is 0. The number of benzene rings is 3. The summed E-state index contributed by atoms with van der Waals surface area (Å²) in [5.74, 6) is 0. The van der Waals surface area contributed by atoms with Crippen molar-refractivity contribution in [2.75, 3.05) is 0 Å². The summed E-state index contributed by atoms with van der Waals surface area (Å²) >= 11 is 7.51. The van der Waals surface area contributed by atoms with E-state index < -0.39 is 0 Å². The maximum absolute atomic E-state index is 9.23. The van der Waals surface area contributed by atoms with Gasteiger partial charge in [0.1, 0.15) is 0 Å². The van der Waals surface area contributed by atoms with Crippen LogP contribution in [-0.2, 0) is 0 Å². The van der Waals surface area contributed by atoms with E-state index >= 15 is 0 Å². The smallest absolute Gasteiger partial charge is 0.0991 e. The Morgan fingerprint density at radius 1 is 0.692 bits per heavy atom. The van der Waals surface area contributed by atoms with Gasteiger partial charge in [-0.1, -0.05) is 0 Å². The third kappa shape index (κ3) is 1.92. The summed E-state index contributed by atoms with van der Waals surface area (Å²) in [6.45, 7) is 0. The van der Waals surface area contributed by atoms with Crippen LogP contribution in [0.4, 0.5) is 0 Å². The van der Waals surface area contributed by atoms with Crippen molar-refractivity contribution in [3.8, 4) is 12.1 Å². The van der Waals surface area contributed by atoms with Crippen molar-refractivity contribution in [1.29, 1.82) is 10.5 Å². The molecule has 0 bridgehead atoms. The van der Waals surface area contributed by atoms with Gasteiger partial charge >= 0.3 is 0 Å². The van der Waals surface area contributed by atoms with Crippen molar-refractivity contribution in [3.63, 3.8) is 0 Å². The third-order valence-electron chi connectivity index (χ3n) is 4.73. The van der Waals surface area contributed by atoms with Crippen LogP contribution in [0, 0.1) is 22.7 Å². The van der Waals surface area contributed by atoms with E-state index in [9.17, 15) is 10.5 Å². The molecule has 0 aliphatic carbocycles. The number of aromatic amines is 2. The Morgan fingerprint density at radius 3 is 1.50 bits per heavy atom. The molecule has 0 unspecified atom stereocenters. The van der Waals surface area contributed by atoms with Gasteiger partial charge < -0.3 is 9.97 Å². The standard InChI is InChI=1S/C20H8Br2N4/c21-17-15-11-5-9(7-23)1-3-13(11)25-19(15)18(22)16-12-6-10(8-24)2-4-14(12)26-20(16)17/h1-6,25-26H. The number of nitriles is 2. The molecule has 5 aromatic rings. The highest BCUT2D eigenvalue weighted by molar-refractivity contribution is 9.11. The summed E-state index contributed by atoms with van der Waals surface area (Å²) in [5.41, 5.74) is 5.09. The highest BCUT2D eigenvalue weighted by atomic mass is 79.9. The molecule has 122 valence electrons. The lowest BCUT2D eigenvalue weighted by Gasteiger charge is -2.03. The number of nitrogens with zero attached hydrogens (tertiary/aromatic N) is 2. The summed E-state index contributed by atoms with van der Waals surface area (Å²) in [4.78, 5) is 6.90. The zero-order valence-electron chi connectivity index (χ0n) is 13.1. The maximum Gasteiger partial charge on any atom is 0.0991 e. The molecule has 2 heterocycles. The molecule has 2 aromatic heterocycles. The number of rotatable bonds is 0. The fourth-order valence-corrected chi connectivity index (χ4v) is 4.98. The fraction of sp³-hybridized carbons (Fsp3) is 0. The zero-order chi connectivity index (χ0) is 18.0. The molecule has 4 nitrogen and oxygen atoms in total. The number of halogens is 2. The van der Waals surface area contributed by atoms with Gasteiger partial charge in [0.25, 0.3) is 0 Å². The van der Waals surface area contributed by atoms with Crippen LogP contribution in [-0.4, -0.2) is 9.97 Å². The van der Waals surface area contributed by atoms with Gasteiger partial charge in [-0.25, -0.2) is 0 Å². The number of nitrogens with one attached hydrogen (secondary N) is 2. The molecule has 2 N–H and O–H groups in total. The van der Waals surface area contributed by atoms with Crippen molar-refractivity contribution in [1.82, 2.24) is 9.97 Å². The Bertz CT molecular complexity index is 1360. The average Bonchev–Trinajstić information content (AvgIpc) is 3.24. The number of H-pyrrole nitrogens is 2. The molecular formula is C20H8Br2N4. The van der Waals surface area contributed by atoms with Crippen LogP contribution in [0.2, 0.25) is 0 Å². The molecule has 0 spiro atoms. The van der Waals surface area contributed by atoms with E-state index in [1.54, 1.807) is 12.1 Å². The topological polar surface area (TPSA) is 79.2 Å². The monoisotopic (exact) mass is 462 g/mol. The molecule has 3 aromatic carbocycles. The maximum atomic E-state index is 9.23. The van der Waals surface area contributed by atoms with Crippen molar-refractivity contribution in [2.45, 2.75) is 0 Å². The Labute approximate surface area is 164 Å². The summed E-state index contributed by atoms with van der Waals surface area (Å²) < 4.78 is 1.86. The summed E-state index contributed by atoms with van der Waals surface area (Å²) in [6, 6.07) is 15.7. The predicted molar refractivity (Wildman–Crippen MR) is 110 cm³/mol. The molecule has 5 rings (SSSR count).